The molecule has 0 spiro atoms. The lowest BCUT2D eigenvalue weighted by molar-refractivity contribution is 1.31. The van der Waals surface area contributed by atoms with Crippen molar-refractivity contribution in [3.63, 3.8) is 0 Å². The monoisotopic (exact) mass is 214 g/mol. The highest BCUT2D eigenvalue weighted by molar-refractivity contribution is 5.77. The number of imidazole rings is 1. The Morgan fingerprint density at radius 1 is 0.938 bits per heavy atom. The van der Waals surface area contributed by atoms with Gasteiger partial charge in [-0.1, -0.05) is 24.3 Å². The maximum absolute atomic E-state index is 4.18. The maximum Gasteiger partial charge on any atom is 0.0919 e. The van der Waals surface area contributed by atoms with E-state index in [1.165, 1.54) is 5.39 Å². The minimum atomic E-state index is 0. The van der Waals surface area contributed by atoms with Crippen LogP contribution in [0.15, 0.2) is 61.3 Å². The van der Waals surface area contributed by atoms with Gasteiger partial charge in [0.15, 0.2) is 0 Å². The first-order chi connectivity index (χ1) is 7.47. The number of aromatic nitrogens is 3. The van der Waals surface area contributed by atoms with E-state index in [0.717, 1.165) is 5.52 Å². The topological polar surface area (TPSA) is 76.6 Å². The van der Waals surface area contributed by atoms with Gasteiger partial charge in [0.05, 0.1) is 11.8 Å². The number of aromatic amines is 1. The molecule has 3 aromatic rings. The minimum Gasteiger partial charge on any atom is -0.351 e. The van der Waals surface area contributed by atoms with E-state index in [0.29, 0.717) is 0 Å². The number of para-hydroxylation sites is 1. The molecule has 2 heterocycles. The highest BCUT2D eigenvalue weighted by Gasteiger charge is 1.86. The molecule has 4 N–H and O–H groups in total. The van der Waals surface area contributed by atoms with Crippen LogP contribution in [0.4, 0.5) is 0 Å². The second kappa shape index (κ2) is 6.31. The van der Waals surface area contributed by atoms with Gasteiger partial charge in [-0.05, 0) is 12.1 Å². The summed E-state index contributed by atoms with van der Waals surface area (Å²) < 4.78 is 0. The largest absolute Gasteiger partial charge is 0.351 e. The molecule has 0 saturated carbocycles. The summed E-state index contributed by atoms with van der Waals surface area (Å²) in [6.07, 6.45) is 6.89. The third kappa shape index (κ3) is 3.18. The first-order valence-electron chi connectivity index (χ1n) is 4.69. The summed E-state index contributed by atoms with van der Waals surface area (Å²) in [5.74, 6) is 0. The molecule has 2 aromatic heterocycles. The quantitative estimate of drug-likeness (QED) is 0.604. The summed E-state index contributed by atoms with van der Waals surface area (Å²) in [6.45, 7) is 0. The smallest absolute Gasteiger partial charge is 0.0919 e. The van der Waals surface area contributed by atoms with Gasteiger partial charge in [0.2, 0.25) is 0 Å². The summed E-state index contributed by atoms with van der Waals surface area (Å²) in [6, 6.07) is 12.1. The van der Waals surface area contributed by atoms with Crippen LogP contribution in [0, 0.1) is 0 Å². The Kier molecular flexibility index (Phi) is 4.69. The second-order valence-corrected chi connectivity index (χ2v) is 2.96. The van der Waals surface area contributed by atoms with Gasteiger partial charge in [-0.25, -0.2) is 4.98 Å². The lowest BCUT2D eigenvalue weighted by Gasteiger charge is -1.91. The lowest BCUT2D eigenvalue weighted by Crippen LogP contribution is -1.73. The number of pyridine rings is 1. The predicted molar refractivity (Wildman–Crippen MR) is 65.4 cm³/mol. The number of hydrogen-bond acceptors (Lipinski definition) is 3. The average Bonchev–Trinajstić information content (AvgIpc) is 2.88. The first-order valence-corrected chi connectivity index (χ1v) is 4.69. The molecule has 0 aliphatic heterocycles. The summed E-state index contributed by atoms with van der Waals surface area (Å²) in [4.78, 5) is 10.6. The van der Waals surface area contributed by atoms with Crippen LogP contribution in [0.3, 0.4) is 0 Å². The molecular weight excluding hydrogens is 200 g/mol. The van der Waals surface area contributed by atoms with E-state index in [1.807, 2.05) is 30.5 Å². The SMILES string of the molecule is N.c1c[nH]cn1.c1ccc2ncccc2c1. The van der Waals surface area contributed by atoms with Crippen molar-refractivity contribution in [1.29, 1.82) is 0 Å². The standard InChI is InChI=1S/C9H7N.C3H4N2.H3N/c1-2-6-9-8(4-1)5-3-7-10-9;1-2-5-3-4-1;/h1-7H;1-3H,(H,4,5);1H3. The fourth-order valence-corrected chi connectivity index (χ4v) is 1.23. The van der Waals surface area contributed by atoms with Gasteiger partial charge >= 0.3 is 0 Å². The van der Waals surface area contributed by atoms with E-state index < -0.39 is 0 Å². The third-order valence-corrected chi connectivity index (χ3v) is 1.92. The van der Waals surface area contributed by atoms with E-state index in [1.54, 1.807) is 18.7 Å². The zero-order chi connectivity index (χ0) is 10.3. The van der Waals surface area contributed by atoms with Crippen molar-refractivity contribution in [2.45, 2.75) is 0 Å². The lowest BCUT2D eigenvalue weighted by atomic mass is 10.2. The first kappa shape index (κ1) is 11.9. The highest BCUT2D eigenvalue weighted by Crippen LogP contribution is 2.07. The van der Waals surface area contributed by atoms with Gasteiger partial charge in [-0.15, -0.1) is 0 Å². The molecule has 0 fully saturated rings. The van der Waals surface area contributed by atoms with E-state index in [9.17, 15) is 0 Å². The number of rotatable bonds is 0. The molecule has 0 radical (unpaired) electrons. The summed E-state index contributed by atoms with van der Waals surface area (Å²) in [5, 5.41) is 1.20. The van der Waals surface area contributed by atoms with Gasteiger partial charge in [0, 0.05) is 24.0 Å². The fraction of sp³-hybridized carbons (Fsp3) is 0. The highest BCUT2D eigenvalue weighted by atomic mass is 14.8. The van der Waals surface area contributed by atoms with E-state index in [4.69, 9.17) is 0 Å². The van der Waals surface area contributed by atoms with Crippen LogP contribution in [0.5, 0.6) is 0 Å². The van der Waals surface area contributed by atoms with Crippen molar-refractivity contribution in [3.8, 4) is 0 Å². The van der Waals surface area contributed by atoms with Crippen LogP contribution < -0.4 is 6.15 Å². The molecule has 0 amide bonds. The molecule has 0 bridgehead atoms. The van der Waals surface area contributed by atoms with Crippen molar-refractivity contribution in [3.05, 3.63) is 61.3 Å². The Morgan fingerprint density at radius 2 is 1.75 bits per heavy atom. The van der Waals surface area contributed by atoms with E-state index >= 15 is 0 Å². The van der Waals surface area contributed by atoms with Crippen molar-refractivity contribution >= 4 is 10.9 Å². The average molecular weight is 214 g/mol. The van der Waals surface area contributed by atoms with Gasteiger partial charge in [0.25, 0.3) is 0 Å². The Labute approximate surface area is 94.0 Å². The molecule has 4 nitrogen and oxygen atoms in total. The van der Waals surface area contributed by atoms with Gasteiger partial charge in [-0.2, -0.15) is 0 Å². The number of nitrogens with one attached hydrogen (secondary N) is 1. The predicted octanol–water partition coefficient (Wildman–Crippen LogP) is 2.81. The third-order valence-electron chi connectivity index (χ3n) is 1.92. The minimum absolute atomic E-state index is 0. The van der Waals surface area contributed by atoms with Crippen LogP contribution in [0.1, 0.15) is 0 Å². The van der Waals surface area contributed by atoms with E-state index in [2.05, 4.69) is 27.1 Å². The van der Waals surface area contributed by atoms with Crippen LogP contribution >= 0.6 is 0 Å². The van der Waals surface area contributed by atoms with Crippen molar-refractivity contribution < 1.29 is 0 Å². The van der Waals surface area contributed by atoms with Gasteiger partial charge in [-0.3, -0.25) is 4.98 Å². The molecular formula is C12H14N4. The Morgan fingerprint density at radius 3 is 2.38 bits per heavy atom. The summed E-state index contributed by atoms with van der Waals surface area (Å²) in [5.41, 5.74) is 1.06. The molecule has 0 saturated heterocycles. The molecule has 16 heavy (non-hydrogen) atoms. The van der Waals surface area contributed by atoms with Crippen LogP contribution in [0.2, 0.25) is 0 Å². The molecule has 0 unspecified atom stereocenters. The van der Waals surface area contributed by atoms with Crippen molar-refractivity contribution in [1.82, 2.24) is 21.1 Å². The maximum atomic E-state index is 4.18. The summed E-state index contributed by atoms with van der Waals surface area (Å²) >= 11 is 0. The molecule has 0 atom stereocenters. The number of nitrogens with zero attached hydrogens (tertiary/aromatic N) is 2. The zero-order valence-corrected chi connectivity index (χ0v) is 8.88. The Balaban J connectivity index is 0.000000183. The molecule has 82 valence electrons. The van der Waals surface area contributed by atoms with Crippen LogP contribution in [-0.4, -0.2) is 15.0 Å². The molecule has 0 aliphatic rings. The number of fused-ring (bicyclic) bond motifs is 1. The van der Waals surface area contributed by atoms with Gasteiger partial charge in [0.1, 0.15) is 0 Å². The summed E-state index contributed by atoms with van der Waals surface area (Å²) in [7, 11) is 0. The van der Waals surface area contributed by atoms with Crippen molar-refractivity contribution in [2.75, 3.05) is 0 Å². The molecule has 0 aliphatic carbocycles. The zero-order valence-electron chi connectivity index (χ0n) is 8.88. The second-order valence-electron chi connectivity index (χ2n) is 2.96. The van der Waals surface area contributed by atoms with Crippen molar-refractivity contribution in [2.24, 2.45) is 0 Å². The number of H-pyrrole nitrogens is 1. The normalized spacial score (nSPS) is 8.75. The van der Waals surface area contributed by atoms with Gasteiger partial charge < -0.3 is 11.1 Å². The number of benzene rings is 1. The Bertz CT molecular complexity index is 422. The van der Waals surface area contributed by atoms with Crippen LogP contribution in [-0.2, 0) is 0 Å². The van der Waals surface area contributed by atoms with E-state index in [-0.39, 0.29) is 6.15 Å². The molecule has 1 aromatic carbocycles. The molecule has 3 rings (SSSR count). The number of hydrogen-bond donors (Lipinski definition) is 2. The van der Waals surface area contributed by atoms with Crippen LogP contribution in [0.25, 0.3) is 10.9 Å². The molecule has 4 heteroatoms. The Hall–Kier alpha value is -2.20. The fourth-order valence-electron chi connectivity index (χ4n) is 1.23.